The number of rotatable bonds is 0. The number of hydrogen-bond donors (Lipinski definition) is 2. The van der Waals surface area contributed by atoms with Crippen LogP contribution < -0.4 is 0 Å². The van der Waals surface area contributed by atoms with Gasteiger partial charge in [0.05, 0.1) is 24.7 Å². The minimum Gasteiger partial charge on any atom is -0.465 e. The fourth-order valence-electron chi connectivity index (χ4n) is 3.38. The van der Waals surface area contributed by atoms with E-state index in [1.54, 1.807) is 0 Å². The van der Waals surface area contributed by atoms with E-state index in [1.807, 2.05) is 0 Å². The van der Waals surface area contributed by atoms with Crippen molar-refractivity contribution < 1.29 is 19.7 Å². The maximum absolute atomic E-state index is 11.3. The fourth-order valence-corrected chi connectivity index (χ4v) is 3.38. The van der Waals surface area contributed by atoms with Crippen LogP contribution in [0.2, 0.25) is 0 Å². The molecule has 0 aromatic carbocycles. The first-order chi connectivity index (χ1) is 6.20. The number of esters is 1. The lowest BCUT2D eigenvalue weighted by Crippen LogP contribution is -2.31. The van der Waals surface area contributed by atoms with Gasteiger partial charge in [-0.25, -0.2) is 0 Å². The highest BCUT2D eigenvalue weighted by Gasteiger charge is 2.63. The number of aliphatic hydroxyl groups excluding tert-OH is 2. The molecule has 3 fully saturated rings. The summed E-state index contributed by atoms with van der Waals surface area (Å²) >= 11 is 0. The highest BCUT2D eigenvalue weighted by atomic mass is 16.5. The smallest absolute Gasteiger partial charge is 0.309 e. The summed E-state index contributed by atoms with van der Waals surface area (Å²) in [6.07, 6.45) is -0.365. The Bertz CT molecular complexity index is 262. The van der Waals surface area contributed by atoms with Crippen molar-refractivity contribution in [3.05, 3.63) is 0 Å². The minimum absolute atomic E-state index is 0.0556. The number of hydrogen-bond acceptors (Lipinski definition) is 4. The van der Waals surface area contributed by atoms with Crippen molar-refractivity contribution in [3.63, 3.8) is 0 Å². The Labute approximate surface area is 75.5 Å². The first-order valence-electron chi connectivity index (χ1n) is 4.73. The molecule has 3 rings (SSSR count). The molecule has 6 atom stereocenters. The van der Waals surface area contributed by atoms with Gasteiger partial charge in [0.15, 0.2) is 0 Å². The Morgan fingerprint density at radius 1 is 1.31 bits per heavy atom. The molecule has 0 radical (unpaired) electrons. The number of cyclic esters (lactones) is 1. The zero-order valence-electron chi connectivity index (χ0n) is 7.09. The van der Waals surface area contributed by atoms with Crippen LogP contribution in [0, 0.1) is 23.7 Å². The molecule has 1 aliphatic heterocycles. The van der Waals surface area contributed by atoms with Crippen molar-refractivity contribution in [1.82, 2.24) is 0 Å². The van der Waals surface area contributed by atoms with Crippen molar-refractivity contribution in [1.29, 1.82) is 0 Å². The summed E-state index contributed by atoms with van der Waals surface area (Å²) in [5.41, 5.74) is 0. The van der Waals surface area contributed by atoms with Gasteiger partial charge >= 0.3 is 5.97 Å². The summed E-state index contributed by atoms with van der Waals surface area (Å²) in [4.78, 5) is 11.3. The molecule has 0 spiro atoms. The van der Waals surface area contributed by atoms with Gasteiger partial charge in [0, 0.05) is 17.8 Å². The summed E-state index contributed by atoms with van der Waals surface area (Å²) in [7, 11) is 0. The van der Waals surface area contributed by atoms with Crippen LogP contribution >= 0.6 is 0 Å². The predicted octanol–water partition coefficient (Wildman–Crippen LogP) is -0.853. The standard InChI is InChI=1S/C9H12O4/c10-5-1-3-6-4(2-13-9(6)12)7(5)8(3)11/h3-8,10-11H,1-2H2/t3-,4+,5+,6+,7-,8-/m1/s1. The fraction of sp³-hybridized carbons (Fsp3) is 0.889. The summed E-state index contributed by atoms with van der Waals surface area (Å²) in [5, 5.41) is 19.4. The van der Waals surface area contributed by atoms with E-state index in [9.17, 15) is 15.0 Å². The van der Waals surface area contributed by atoms with Crippen LogP contribution in [-0.2, 0) is 9.53 Å². The molecule has 1 heterocycles. The summed E-state index contributed by atoms with van der Waals surface area (Å²) < 4.78 is 4.94. The molecular weight excluding hydrogens is 172 g/mol. The van der Waals surface area contributed by atoms with Gasteiger partial charge in [0.2, 0.25) is 0 Å². The van der Waals surface area contributed by atoms with E-state index >= 15 is 0 Å². The zero-order chi connectivity index (χ0) is 9.16. The Morgan fingerprint density at radius 2 is 2.08 bits per heavy atom. The van der Waals surface area contributed by atoms with Crippen LogP contribution in [0.5, 0.6) is 0 Å². The van der Waals surface area contributed by atoms with E-state index in [2.05, 4.69) is 0 Å². The van der Waals surface area contributed by atoms with E-state index in [1.165, 1.54) is 0 Å². The van der Waals surface area contributed by atoms with Crippen molar-refractivity contribution in [2.24, 2.45) is 23.7 Å². The minimum atomic E-state index is -0.488. The second-order valence-corrected chi connectivity index (χ2v) is 4.35. The monoisotopic (exact) mass is 184 g/mol. The first-order valence-corrected chi connectivity index (χ1v) is 4.73. The number of aliphatic hydroxyl groups is 2. The molecule has 3 aliphatic rings. The Kier molecular flexibility index (Phi) is 1.34. The number of carbonyl (C=O) groups is 1. The van der Waals surface area contributed by atoms with Crippen LogP contribution in [-0.4, -0.2) is 35.0 Å². The Balaban J connectivity index is 1.98. The third-order valence-electron chi connectivity index (χ3n) is 3.90. The lowest BCUT2D eigenvalue weighted by Gasteiger charge is -2.23. The molecule has 0 aromatic rings. The molecular formula is C9H12O4. The van der Waals surface area contributed by atoms with E-state index < -0.39 is 12.2 Å². The molecule has 1 saturated heterocycles. The van der Waals surface area contributed by atoms with Crippen LogP contribution in [0.3, 0.4) is 0 Å². The van der Waals surface area contributed by atoms with Crippen LogP contribution in [0.15, 0.2) is 0 Å². The highest BCUT2D eigenvalue weighted by molar-refractivity contribution is 5.76. The van der Waals surface area contributed by atoms with Gasteiger partial charge in [-0.05, 0) is 6.42 Å². The number of carbonyl (C=O) groups excluding carboxylic acids is 1. The maximum Gasteiger partial charge on any atom is 0.309 e. The van der Waals surface area contributed by atoms with E-state index in [0.29, 0.717) is 13.0 Å². The second-order valence-electron chi connectivity index (χ2n) is 4.35. The van der Waals surface area contributed by atoms with E-state index in [-0.39, 0.29) is 29.6 Å². The van der Waals surface area contributed by atoms with Gasteiger partial charge in [-0.3, -0.25) is 4.79 Å². The van der Waals surface area contributed by atoms with Crippen LogP contribution in [0.25, 0.3) is 0 Å². The third-order valence-corrected chi connectivity index (χ3v) is 3.90. The molecule has 72 valence electrons. The van der Waals surface area contributed by atoms with Gasteiger partial charge in [0.1, 0.15) is 0 Å². The Hall–Kier alpha value is -0.610. The normalized spacial score (nSPS) is 58.2. The topological polar surface area (TPSA) is 66.8 Å². The molecule has 2 bridgehead atoms. The van der Waals surface area contributed by atoms with Crippen molar-refractivity contribution in [2.75, 3.05) is 6.61 Å². The highest BCUT2D eigenvalue weighted by Crippen LogP contribution is 2.55. The molecule has 0 aromatic heterocycles. The number of ether oxygens (including phenoxy) is 1. The van der Waals surface area contributed by atoms with Gasteiger partial charge in [0.25, 0.3) is 0 Å². The van der Waals surface area contributed by atoms with Crippen LogP contribution in [0.4, 0.5) is 0 Å². The molecule has 13 heavy (non-hydrogen) atoms. The molecule has 2 aliphatic carbocycles. The first kappa shape index (κ1) is 7.76. The predicted molar refractivity (Wildman–Crippen MR) is 41.5 cm³/mol. The van der Waals surface area contributed by atoms with E-state index in [4.69, 9.17) is 4.74 Å². The third kappa shape index (κ3) is 0.758. The molecule has 0 unspecified atom stereocenters. The molecule has 0 amide bonds. The SMILES string of the molecule is O=C1OC[C@H]2[C@@H]1[C@H]1C[C@H](O)[C@@H]2[C@@H]1O. The average Bonchev–Trinajstić information content (AvgIpc) is 2.64. The zero-order valence-corrected chi connectivity index (χ0v) is 7.09. The number of fused-ring (bicyclic) bond motifs is 5. The average molecular weight is 184 g/mol. The van der Waals surface area contributed by atoms with Crippen LogP contribution in [0.1, 0.15) is 6.42 Å². The quantitative estimate of drug-likeness (QED) is 0.481. The molecule has 4 nitrogen and oxygen atoms in total. The Morgan fingerprint density at radius 3 is 2.85 bits per heavy atom. The van der Waals surface area contributed by atoms with Gasteiger partial charge in [-0.15, -0.1) is 0 Å². The van der Waals surface area contributed by atoms with E-state index in [0.717, 1.165) is 0 Å². The lowest BCUT2D eigenvalue weighted by atomic mass is 9.80. The maximum atomic E-state index is 11.3. The van der Waals surface area contributed by atoms with Crippen molar-refractivity contribution in [3.8, 4) is 0 Å². The molecule has 2 saturated carbocycles. The van der Waals surface area contributed by atoms with Gasteiger partial charge < -0.3 is 14.9 Å². The summed E-state index contributed by atoms with van der Waals surface area (Å²) in [6, 6.07) is 0. The lowest BCUT2D eigenvalue weighted by molar-refractivity contribution is -0.143. The van der Waals surface area contributed by atoms with Crippen molar-refractivity contribution >= 4 is 5.97 Å². The largest absolute Gasteiger partial charge is 0.465 e. The van der Waals surface area contributed by atoms with Crippen molar-refractivity contribution in [2.45, 2.75) is 18.6 Å². The molecule has 4 heteroatoms. The molecule has 2 N–H and O–H groups in total. The van der Waals surface area contributed by atoms with Gasteiger partial charge in [-0.2, -0.15) is 0 Å². The van der Waals surface area contributed by atoms with Gasteiger partial charge in [-0.1, -0.05) is 0 Å². The summed E-state index contributed by atoms with van der Waals surface area (Å²) in [5.74, 6) is -0.426. The second kappa shape index (κ2) is 2.25. The summed E-state index contributed by atoms with van der Waals surface area (Å²) in [6.45, 7) is 0.388.